The maximum absolute atomic E-state index is 5.72. The monoisotopic (exact) mass is 392 g/mol. The minimum Gasteiger partial charge on any atom is -0.493 e. The van der Waals surface area contributed by atoms with Crippen molar-refractivity contribution in [2.75, 3.05) is 53.6 Å². The normalized spacial score (nSPS) is 16.0. The number of morpholine rings is 1. The molecule has 0 radical (unpaired) electrons. The van der Waals surface area contributed by atoms with Gasteiger partial charge in [-0.15, -0.1) is 0 Å². The van der Waals surface area contributed by atoms with E-state index in [-0.39, 0.29) is 5.54 Å². The van der Waals surface area contributed by atoms with Crippen molar-refractivity contribution < 1.29 is 14.2 Å². The predicted octanol–water partition coefficient (Wildman–Crippen LogP) is 2.26. The molecule has 1 saturated heterocycles. The fourth-order valence-corrected chi connectivity index (χ4v) is 3.14. The first-order chi connectivity index (χ1) is 13.5. The van der Waals surface area contributed by atoms with Crippen molar-refractivity contribution in [2.45, 2.75) is 39.3 Å². The maximum Gasteiger partial charge on any atom is 0.191 e. The Hall–Kier alpha value is -1.99. The summed E-state index contributed by atoms with van der Waals surface area (Å²) in [5.74, 6) is 2.32. The molecule has 2 rings (SSSR count). The molecule has 0 aliphatic carbocycles. The second kappa shape index (κ2) is 11.1. The van der Waals surface area contributed by atoms with Crippen LogP contribution in [0.15, 0.2) is 23.2 Å². The summed E-state index contributed by atoms with van der Waals surface area (Å²) < 4.78 is 16.6. The number of guanidine groups is 1. The molecule has 0 spiro atoms. The molecule has 1 aliphatic heterocycles. The lowest BCUT2D eigenvalue weighted by Gasteiger charge is -2.41. The molecular formula is C21H36N4O3. The molecule has 0 unspecified atom stereocenters. The van der Waals surface area contributed by atoms with E-state index in [4.69, 9.17) is 14.2 Å². The topological polar surface area (TPSA) is 67.4 Å². The van der Waals surface area contributed by atoms with Gasteiger partial charge in [-0.25, -0.2) is 0 Å². The molecule has 158 valence electrons. The number of aliphatic imine (C=N–C) groups is 1. The van der Waals surface area contributed by atoms with Gasteiger partial charge in [-0.3, -0.25) is 9.89 Å². The maximum atomic E-state index is 5.72. The Morgan fingerprint density at radius 2 is 1.96 bits per heavy atom. The third-order valence-electron chi connectivity index (χ3n) is 4.93. The third kappa shape index (κ3) is 6.56. The molecule has 28 heavy (non-hydrogen) atoms. The number of ether oxygens (including phenoxy) is 3. The first-order valence-corrected chi connectivity index (χ1v) is 10.1. The van der Waals surface area contributed by atoms with E-state index in [0.717, 1.165) is 62.3 Å². The van der Waals surface area contributed by atoms with Gasteiger partial charge >= 0.3 is 0 Å². The molecule has 2 N–H and O–H groups in total. The lowest BCUT2D eigenvalue weighted by atomic mass is 10.0. The number of methoxy groups -OCH3 is 1. The summed E-state index contributed by atoms with van der Waals surface area (Å²) in [5.41, 5.74) is 1.14. The van der Waals surface area contributed by atoms with Crippen molar-refractivity contribution in [3.63, 3.8) is 0 Å². The summed E-state index contributed by atoms with van der Waals surface area (Å²) in [6.45, 7) is 12.3. The number of hydrogen-bond donors (Lipinski definition) is 2. The standard InChI is InChI=1S/C21H36N4O3/c1-6-11-28-18-8-7-17(14-19(18)26-5)15-23-20(22-4)24-16-21(2,3)25-9-12-27-13-10-25/h7-8,14H,6,9-13,15-16H2,1-5H3,(H2,22,23,24). The molecule has 0 saturated carbocycles. The number of nitrogens with one attached hydrogen (secondary N) is 2. The molecule has 1 fully saturated rings. The van der Waals surface area contributed by atoms with Crippen molar-refractivity contribution in [3.8, 4) is 11.5 Å². The van der Waals surface area contributed by atoms with E-state index in [1.807, 2.05) is 18.2 Å². The molecule has 1 aliphatic rings. The average Bonchev–Trinajstić information content (AvgIpc) is 2.73. The first-order valence-electron chi connectivity index (χ1n) is 10.1. The van der Waals surface area contributed by atoms with Crippen molar-refractivity contribution in [1.29, 1.82) is 0 Å². The Kier molecular flexibility index (Phi) is 8.86. The Morgan fingerprint density at radius 1 is 1.21 bits per heavy atom. The lowest BCUT2D eigenvalue weighted by molar-refractivity contribution is -0.00834. The van der Waals surface area contributed by atoms with Crippen molar-refractivity contribution in [2.24, 2.45) is 4.99 Å². The molecule has 0 aromatic heterocycles. The van der Waals surface area contributed by atoms with E-state index in [9.17, 15) is 0 Å². The molecule has 0 amide bonds. The van der Waals surface area contributed by atoms with Crippen LogP contribution in [0.4, 0.5) is 0 Å². The SMILES string of the molecule is CCCOc1ccc(CNC(=NC)NCC(C)(C)N2CCOCC2)cc1OC. The van der Waals surface area contributed by atoms with Gasteiger partial charge in [-0.1, -0.05) is 13.0 Å². The summed E-state index contributed by atoms with van der Waals surface area (Å²) >= 11 is 0. The summed E-state index contributed by atoms with van der Waals surface area (Å²) in [4.78, 5) is 6.80. The zero-order valence-electron chi connectivity index (χ0n) is 18.0. The van der Waals surface area contributed by atoms with Crippen LogP contribution in [0.1, 0.15) is 32.8 Å². The van der Waals surface area contributed by atoms with Crippen LogP contribution in [0.3, 0.4) is 0 Å². The predicted molar refractivity (Wildman–Crippen MR) is 113 cm³/mol. The van der Waals surface area contributed by atoms with Gasteiger partial charge in [0.15, 0.2) is 17.5 Å². The Balaban J connectivity index is 1.87. The second-order valence-electron chi connectivity index (χ2n) is 7.52. The fourth-order valence-electron chi connectivity index (χ4n) is 3.14. The van der Waals surface area contributed by atoms with Crippen LogP contribution in [0, 0.1) is 0 Å². The minimum atomic E-state index is 0.0306. The highest BCUT2D eigenvalue weighted by Gasteiger charge is 2.28. The van der Waals surface area contributed by atoms with Gasteiger partial charge in [0.2, 0.25) is 0 Å². The largest absolute Gasteiger partial charge is 0.493 e. The molecule has 0 atom stereocenters. The van der Waals surface area contributed by atoms with Crippen molar-refractivity contribution >= 4 is 5.96 Å². The highest BCUT2D eigenvalue weighted by molar-refractivity contribution is 5.79. The molecule has 7 nitrogen and oxygen atoms in total. The van der Waals surface area contributed by atoms with Gasteiger partial charge in [-0.2, -0.15) is 0 Å². The molecule has 1 aromatic carbocycles. The van der Waals surface area contributed by atoms with Crippen molar-refractivity contribution in [3.05, 3.63) is 23.8 Å². The summed E-state index contributed by atoms with van der Waals surface area (Å²) in [5, 5.41) is 6.82. The molecular weight excluding hydrogens is 356 g/mol. The number of benzene rings is 1. The quantitative estimate of drug-likeness (QED) is 0.496. The molecule has 7 heteroatoms. The van der Waals surface area contributed by atoms with Crippen LogP contribution in [0.25, 0.3) is 0 Å². The highest BCUT2D eigenvalue weighted by Crippen LogP contribution is 2.28. The van der Waals surface area contributed by atoms with Crippen LogP contribution in [-0.2, 0) is 11.3 Å². The van der Waals surface area contributed by atoms with Gasteiger partial charge in [0.05, 0.1) is 26.9 Å². The van der Waals surface area contributed by atoms with Crippen LogP contribution < -0.4 is 20.1 Å². The first kappa shape index (κ1) is 22.3. The Bertz CT molecular complexity index is 628. The average molecular weight is 393 g/mol. The highest BCUT2D eigenvalue weighted by atomic mass is 16.5. The lowest BCUT2D eigenvalue weighted by Crippen LogP contribution is -2.56. The summed E-state index contributed by atoms with van der Waals surface area (Å²) in [7, 11) is 3.46. The van der Waals surface area contributed by atoms with Crippen molar-refractivity contribution in [1.82, 2.24) is 15.5 Å². The smallest absolute Gasteiger partial charge is 0.191 e. The number of hydrogen-bond acceptors (Lipinski definition) is 5. The van der Waals surface area contributed by atoms with Gasteiger partial charge < -0.3 is 24.8 Å². The summed E-state index contributed by atoms with van der Waals surface area (Å²) in [6, 6.07) is 6.01. The molecule has 0 bridgehead atoms. The van der Waals surface area contributed by atoms with E-state index < -0.39 is 0 Å². The zero-order chi connectivity index (χ0) is 20.4. The summed E-state index contributed by atoms with van der Waals surface area (Å²) in [6.07, 6.45) is 0.968. The van der Waals surface area contributed by atoms with Crippen LogP contribution in [0.5, 0.6) is 11.5 Å². The zero-order valence-corrected chi connectivity index (χ0v) is 18.0. The number of nitrogens with zero attached hydrogens (tertiary/aromatic N) is 2. The van der Waals surface area contributed by atoms with E-state index in [1.165, 1.54) is 0 Å². The molecule has 1 aromatic rings. The third-order valence-corrected chi connectivity index (χ3v) is 4.93. The fraction of sp³-hybridized carbons (Fsp3) is 0.667. The van der Waals surface area contributed by atoms with Gasteiger partial charge in [-0.05, 0) is 38.0 Å². The second-order valence-corrected chi connectivity index (χ2v) is 7.52. The Morgan fingerprint density at radius 3 is 2.61 bits per heavy atom. The van der Waals surface area contributed by atoms with Gasteiger partial charge in [0.25, 0.3) is 0 Å². The van der Waals surface area contributed by atoms with E-state index in [0.29, 0.717) is 13.2 Å². The van der Waals surface area contributed by atoms with Gasteiger partial charge in [0, 0.05) is 38.8 Å². The Labute approximate surface area is 169 Å². The van der Waals surface area contributed by atoms with Crippen LogP contribution in [0.2, 0.25) is 0 Å². The minimum absolute atomic E-state index is 0.0306. The van der Waals surface area contributed by atoms with E-state index in [2.05, 4.69) is 41.3 Å². The van der Waals surface area contributed by atoms with Gasteiger partial charge in [0.1, 0.15) is 0 Å². The van der Waals surface area contributed by atoms with Crippen LogP contribution in [-0.4, -0.2) is 70.0 Å². The molecule has 1 heterocycles. The van der Waals surface area contributed by atoms with Crippen LogP contribution >= 0.6 is 0 Å². The van der Waals surface area contributed by atoms with E-state index in [1.54, 1.807) is 14.2 Å². The van der Waals surface area contributed by atoms with E-state index >= 15 is 0 Å². The number of rotatable bonds is 9.